The number of carbonyl (C=O) groups excluding carboxylic acids is 1. The minimum absolute atomic E-state index is 0. The van der Waals surface area contributed by atoms with E-state index >= 15 is 0 Å². The van der Waals surface area contributed by atoms with E-state index < -0.39 is 0 Å². The first-order chi connectivity index (χ1) is 9.47. The molecule has 1 fully saturated rings. The maximum absolute atomic E-state index is 12.3. The average Bonchev–Trinajstić information content (AvgIpc) is 2.92. The summed E-state index contributed by atoms with van der Waals surface area (Å²) in [6.07, 6.45) is 1.84. The van der Waals surface area contributed by atoms with E-state index in [0.29, 0.717) is 0 Å². The standard InChI is InChI=1S/C17H26N2O.ClH/c1-17(2,3)15(11-13-7-5-4-6-8-13)19-16(20)14-9-10-18-12-14;/h4-8,14-15,18H,9-12H2,1-3H3,(H,19,20);1H. The van der Waals surface area contributed by atoms with Gasteiger partial charge in [0.25, 0.3) is 0 Å². The number of rotatable bonds is 4. The predicted molar refractivity (Wildman–Crippen MR) is 89.8 cm³/mol. The van der Waals surface area contributed by atoms with E-state index in [1.807, 2.05) is 6.07 Å². The van der Waals surface area contributed by atoms with Crippen molar-refractivity contribution in [3.63, 3.8) is 0 Å². The van der Waals surface area contributed by atoms with E-state index in [0.717, 1.165) is 25.9 Å². The summed E-state index contributed by atoms with van der Waals surface area (Å²) in [6, 6.07) is 10.6. The molecular weight excluding hydrogens is 284 g/mol. The molecule has 3 nitrogen and oxygen atoms in total. The van der Waals surface area contributed by atoms with Crippen molar-refractivity contribution >= 4 is 18.3 Å². The van der Waals surface area contributed by atoms with Crippen LogP contribution < -0.4 is 10.6 Å². The fourth-order valence-corrected chi connectivity index (χ4v) is 2.59. The first-order valence-corrected chi connectivity index (χ1v) is 7.52. The average molecular weight is 311 g/mol. The molecule has 2 unspecified atom stereocenters. The minimum Gasteiger partial charge on any atom is -0.352 e. The van der Waals surface area contributed by atoms with Crippen LogP contribution in [0.3, 0.4) is 0 Å². The van der Waals surface area contributed by atoms with Gasteiger partial charge in [0.2, 0.25) is 5.91 Å². The molecule has 1 aromatic rings. The Morgan fingerprint density at radius 2 is 2.00 bits per heavy atom. The number of nitrogens with one attached hydrogen (secondary N) is 2. The second kappa shape index (κ2) is 7.81. The maximum atomic E-state index is 12.3. The van der Waals surface area contributed by atoms with Gasteiger partial charge in [-0.05, 0) is 30.4 Å². The molecule has 1 aromatic carbocycles. The van der Waals surface area contributed by atoms with E-state index in [4.69, 9.17) is 0 Å². The predicted octanol–water partition coefficient (Wildman–Crippen LogP) is 2.79. The Kier molecular flexibility index (Phi) is 6.69. The van der Waals surface area contributed by atoms with Crippen LogP contribution in [-0.4, -0.2) is 25.0 Å². The number of hydrogen-bond donors (Lipinski definition) is 2. The lowest BCUT2D eigenvalue weighted by molar-refractivity contribution is -0.125. The van der Waals surface area contributed by atoms with Crippen molar-refractivity contribution in [1.82, 2.24) is 10.6 Å². The molecule has 0 saturated carbocycles. The second-order valence-corrected chi connectivity index (χ2v) is 6.81. The molecule has 0 spiro atoms. The monoisotopic (exact) mass is 310 g/mol. The summed E-state index contributed by atoms with van der Waals surface area (Å²) >= 11 is 0. The topological polar surface area (TPSA) is 41.1 Å². The zero-order valence-electron chi connectivity index (χ0n) is 13.2. The Morgan fingerprint density at radius 3 is 2.52 bits per heavy atom. The third-order valence-corrected chi connectivity index (χ3v) is 4.08. The number of benzene rings is 1. The van der Waals surface area contributed by atoms with Crippen molar-refractivity contribution in [2.75, 3.05) is 13.1 Å². The van der Waals surface area contributed by atoms with Gasteiger partial charge >= 0.3 is 0 Å². The molecule has 0 radical (unpaired) electrons. The SMILES string of the molecule is CC(C)(C)C(Cc1ccccc1)NC(=O)C1CCNC1.Cl. The number of carbonyl (C=O) groups is 1. The Hall–Kier alpha value is -1.06. The number of hydrogen-bond acceptors (Lipinski definition) is 2. The Bertz CT molecular complexity index is 436. The van der Waals surface area contributed by atoms with Crippen molar-refractivity contribution in [1.29, 1.82) is 0 Å². The number of amides is 1. The van der Waals surface area contributed by atoms with Gasteiger partial charge in [-0.3, -0.25) is 4.79 Å². The van der Waals surface area contributed by atoms with E-state index in [-0.39, 0.29) is 35.7 Å². The highest BCUT2D eigenvalue weighted by Gasteiger charge is 2.30. The van der Waals surface area contributed by atoms with Gasteiger partial charge in [-0.25, -0.2) is 0 Å². The second-order valence-electron chi connectivity index (χ2n) is 6.81. The molecule has 118 valence electrons. The van der Waals surface area contributed by atoms with Gasteiger partial charge in [0, 0.05) is 12.6 Å². The largest absolute Gasteiger partial charge is 0.352 e. The fourth-order valence-electron chi connectivity index (χ4n) is 2.59. The van der Waals surface area contributed by atoms with Crippen molar-refractivity contribution in [2.24, 2.45) is 11.3 Å². The first-order valence-electron chi connectivity index (χ1n) is 7.52. The van der Waals surface area contributed by atoms with Gasteiger partial charge in [-0.15, -0.1) is 12.4 Å². The zero-order valence-corrected chi connectivity index (χ0v) is 14.0. The molecule has 1 heterocycles. The highest BCUT2D eigenvalue weighted by atomic mass is 35.5. The number of halogens is 1. The molecule has 21 heavy (non-hydrogen) atoms. The molecule has 1 saturated heterocycles. The summed E-state index contributed by atoms with van der Waals surface area (Å²) in [4.78, 5) is 12.3. The molecule has 2 N–H and O–H groups in total. The highest BCUT2D eigenvalue weighted by molar-refractivity contribution is 5.85. The van der Waals surface area contributed by atoms with Crippen LogP contribution >= 0.6 is 12.4 Å². The van der Waals surface area contributed by atoms with Gasteiger partial charge in [-0.1, -0.05) is 51.1 Å². The normalized spacial score (nSPS) is 19.7. The van der Waals surface area contributed by atoms with Crippen molar-refractivity contribution in [3.05, 3.63) is 35.9 Å². The van der Waals surface area contributed by atoms with Crippen LogP contribution in [-0.2, 0) is 11.2 Å². The molecule has 0 aliphatic carbocycles. The fraction of sp³-hybridized carbons (Fsp3) is 0.588. The molecule has 4 heteroatoms. The summed E-state index contributed by atoms with van der Waals surface area (Å²) in [5.74, 6) is 0.335. The van der Waals surface area contributed by atoms with Gasteiger partial charge < -0.3 is 10.6 Å². The molecule has 1 amide bonds. The summed E-state index contributed by atoms with van der Waals surface area (Å²) in [5, 5.41) is 6.52. The lowest BCUT2D eigenvalue weighted by Gasteiger charge is -2.32. The minimum atomic E-state index is 0. The van der Waals surface area contributed by atoms with Crippen molar-refractivity contribution < 1.29 is 4.79 Å². The summed E-state index contributed by atoms with van der Waals surface area (Å²) in [7, 11) is 0. The quantitative estimate of drug-likeness (QED) is 0.898. The van der Waals surface area contributed by atoms with E-state index in [1.165, 1.54) is 5.56 Å². The van der Waals surface area contributed by atoms with Crippen LogP contribution in [0.25, 0.3) is 0 Å². The van der Waals surface area contributed by atoms with Crippen LogP contribution in [0.1, 0.15) is 32.8 Å². The molecule has 2 atom stereocenters. The Balaban J connectivity index is 0.00000220. The van der Waals surface area contributed by atoms with Crippen molar-refractivity contribution in [3.8, 4) is 0 Å². The van der Waals surface area contributed by atoms with Crippen LogP contribution in [0.5, 0.6) is 0 Å². The molecular formula is C17H27ClN2O. The van der Waals surface area contributed by atoms with E-state index in [1.54, 1.807) is 0 Å². The molecule has 0 aromatic heterocycles. The van der Waals surface area contributed by atoms with Gasteiger partial charge in [0.05, 0.1) is 5.92 Å². The molecule has 2 rings (SSSR count). The summed E-state index contributed by atoms with van der Waals surface area (Å²) in [5.41, 5.74) is 1.33. The van der Waals surface area contributed by atoms with Gasteiger partial charge in [0.1, 0.15) is 0 Å². The van der Waals surface area contributed by atoms with Crippen LogP contribution in [0.2, 0.25) is 0 Å². The third-order valence-electron chi connectivity index (χ3n) is 4.08. The van der Waals surface area contributed by atoms with E-state index in [9.17, 15) is 4.79 Å². The van der Waals surface area contributed by atoms with Gasteiger partial charge in [-0.2, -0.15) is 0 Å². The highest BCUT2D eigenvalue weighted by Crippen LogP contribution is 2.23. The molecule has 1 aliphatic rings. The molecule has 1 aliphatic heterocycles. The smallest absolute Gasteiger partial charge is 0.224 e. The van der Waals surface area contributed by atoms with Gasteiger partial charge in [0.15, 0.2) is 0 Å². The van der Waals surface area contributed by atoms with Crippen LogP contribution in [0.4, 0.5) is 0 Å². The van der Waals surface area contributed by atoms with Crippen molar-refractivity contribution in [2.45, 2.75) is 39.7 Å². The molecule has 0 bridgehead atoms. The Morgan fingerprint density at radius 1 is 1.33 bits per heavy atom. The lowest BCUT2D eigenvalue weighted by Crippen LogP contribution is -2.47. The summed E-state index contributed by atoms with van der Waals surface area (Å²) in [6.45, 7) is 8.33. The maximum Gasteiger partial charge on any atom is 0.224 e. The van der Waals surface area contributed by atoms with Crippen LogP contribution in [0, 0.1) is 11.3 Å². The lowest BCUT2D eigenvalue weighted by atomic mass is 9.82. The van der Waals surface area contributed by atoms with Crippen LogP contribution in [0.15, 0.2) is 30.3 Å². The first kappa shape index (κ1) is 18.0. The zero-order chi connectivity index (χ0) is 14.6. The Labute approximate surface area is 134 Å². The third kappa shape index (κ3) is 5.33. The summed E-state index contributed by atoms with van der Waals surface area (Å²) < 4.78 is 0. The van der Waals surface area contributed by atoms with E-state index in [2.05, 4.69) is 55.7 Å².